The minimum atomic E-state index is -1.76. The minimum Gasteiger partial charge on any atom is -0.505 e. The van der Waals surface area contributed by atoms with E-state index in [0.717, 1.165) is 27.2 Å². The molecule has 236 valence electrons. The number of aromatic hydroxyl groups is 1. The molecule has 0 radical (unpaired) electrons. The lowest BCUT2D eigenvalue weighted by Gasteiger charge is -2.43. The molecule has 0 unspecified atom stereocenters. The number of ether oxygens (including phenoxy) is 1. The second-order valence-electron chi connectivity index (χ2n) is 12.0. The maximum atomic E-state index is 14.2. The van der Waals surface area contributed by atoms with Crippen LogP contribution in [0.3, 0.4) is 0 Å². The highest BCUT2D eigenvalue weighted by Crippen LogP contribution is 2.51. The number of phenols is 1. The van der Waals surface area contributed by atoms with Crippen LogP contribution in [0.1, 0.15) is 30.4 Å². The summed E-state index contributed by atoms with van der Waals surface area (Å²) >= 11 is 0. The Hall–Kier alpha value is -4.06. The summed E-state index contributed by atoms with van der Waals surface area (Å²) in [6.07, 6.45) is 2.60. The number of rotatable bonds is 9. The monoisotopic (exact) mass is 625 g/mol. The Labute approximate surface area is 266 Å². The van der Waals surface area contributed by atoms with Gasteiger partial charge in [-0.1, -0.05) is 54.6 Å². The van der Waals surface area contributed by atoms with Gasteiger partial charge >= 0.3 is 14.2 Å². The van der Waals surface area contributed by atoms with Gasteiger partial charge in [0.2, 0.25) is 11.8 Å². The number of anilines is 1. The van der Waals surface area contributed by atoms with Crippen LogP contribution in [-0.4, -0.2) is 66.1 Å². The van der Waals surface area contributed by atoms with Crippen molar-refractivity contribution in [2.75, 3.05) is 18.6 Å². The van der Waals surface area contributed by atoms with Crippen LogP contribution in [0, 0.1) is 23.6 Å². The van der Waals surface area contributed by atoms with Crippen molar-refractivity contribution in [3.63, 3.8) is 0 Å². The number of hydrogen-bond acceptors (Lipinski definition) is 8. The van der Waals surface area contributed by atoms with E-state index in [4.69, 9.17) is 9.39 Å². The number of nitrogens with zero attached hydrogens (tertiary/aromatic N) is 1. The van der Waals surface area contributed by atoms with Gasteiger partial charge in [0.1, 0.15) is 0 Å². The van der Waals surface area contributed by atoms with Crippen LogP contribution in [0.15, 0.2) is 83.9 Å². The summed E-state index contributed by atoms with van der Waals surface area (Å²) in [4.78, 5) is 28.9. The van der Waals surface area contributed by atoms with Gasteiger partial charge in [0.15, 0.2) is 11.6 Å². The van der Waals surface area contributed by atoms with Gasteiger partial charge in [0.25, 0.3) is 0 Å². The third kappa shape index (κ3) is 6.19. The Morgan fingerprint density at radius 1 is 1.07 bits per heavy atom. The molecule has 0 aromatic heterocycles. The predicted octanol–water partition coefficient (Wildman–Crippen LogP) is 3.18. The lowest BCUT2D eigenvalue weighted by Crippen LogP contribution is -2.46. The maximum Gasteiger partial charge on any atom is 0.488 e. The van der Waals surface area contributed by atoms with Crippen molar-refractivity contribution in [3.05, 3.63) is 101 Å². The van der Waals surface area contributed by atoms with Gasteiger partial charge in [0.05, 0.1) is 30.2 Å². The van der Waals surface area contributed by atoms with Gasteiger partial charge in [-0.15, -0.1) is 0 Å². The molecule has 6 rings (SSSR count). The van der Waals surface area contributed by atoms with Gasteiger partial charge in [-0.25, -0.2) is 4.39 Å². The summed E-state index contributed by atoms with van der Waals surface area (Å²) in [6.45, 7) is 0.229. The largest absolute Gasteiger partial charge is 0.505 e. The number of phenolic OH excluding ortho intramolecular Hbond substituents is 1. The quantitative estimate of drug-likeness (QED) is 0.123. The molecule has 46 heavy (non-hydrogen) atoms. The number of benzene rings is 3. The second-order valence-corrected chi connectivity index (χ2v) is 12.0. The zero-order valence-corrected chi connectivity index (χ0v) is 25.3. The number of allylic oxidation sites excluding steroid dienone is 1. The Bertz CT molecular complexity index is 1700. The van der Waals surface area contributed by atoms with E-state index < -0.39 is 55.6 Å². The van der Waals surface area contributed by atoms with E-state index in [-0.39, 0.29) is 36.4 Å². The van der Waals surface area contributed by atoms with Gasteiger partial charge in [-0.2, -0.15) is 0 Å². The smallest absolute Gasteiger partial charge is 0.488 e. The number of methoxy groups -OCH3 is 1. The zero-order chi connectivity index (χ0) is 32.5. The third-order valence-corrected chi connectivity index (χ3v) is 9.19. The second kappa shape index (κ2) is 13.4. The zero-order valence-electron chi connectivity index (χ0n) is 25.3. The van der Waals surface area contributed by atoms with Crippen molar-refractivity contribution in [3.8, 4) is 5.75 Å². The Balaban J connectivity index is 1.33. The average Bonchev–Trinajstić information content (AvgIpc) is 3.30. The van der Waals surface area contributed by atoms with E-state index >= 15 is 0 Å². The van der Waals surface area contributed by atoms with Crippen LogP contribution < -0.4 is 10.4 Å². The number of amides is 2. The van der Waals surface area contributed by atoms with E-state index in [9.17, 15) is 34.2 Å². The molecule has 12 heteroatoms. The number of carbonyl (C=O) groups excluding carboxylic acids is 2. The minimum absolute atomic E-state index is 0.136. The van der Waals surface area contributed by atoms with Crippen LogP contribution in [0.5, 0.6) is 5.75 Å². The highest BCUT2D eigenvalue weighted by atomic mass is 19.1. The predicted molar refractivity (Wildman–Crippen MR) is 172 cm³/mol. The molecule has 3 aromatic carbocycles. The molecule has 0 bridgehead atoms. The first-order valence-electron chi connectivity index (χ1n) is 15.3. The molecule has 0 saturated carbocycles. The van der Waals surface area contributed by atoms with Crippen molar-refractivity contribution in [2.45, 2.75) is 31.7 Å². The van der Waals surface area contributed by atoms with E-state index in [0.29, 0.717) is 18.4 Å². The molecular formula is C34H34B2FNO8. The lowest BCUT2D eigenvalue weighted by atomic mass is 9.58. The summed E-state index contributed by atoms with van der Waals surface area (Å²) < 4.78 is 25.9. The number of halogens is 1. The molecule has 3 aliphatic rings. The number of hydrogen-bond donors (Lipinski definition) is 4. The molecule has 2 aliphatic heterocycles. The van der Waals surface area contributed by atoms with E-state index in [1.807, 2.05) is 36.4 Å². The van der Waals surface area contributed by atoms with Crippen molar-refractivity contribution < 1.29 is 43.5 Å². The van der Waals surface area contributed by atoms with Crippen molar-refractivity contribution in [2.24, 2.45) is 17.8 Å². The summed E-state index contributed by atoms with van der Waals surface area (Å²) in [6, 6.07) is 19.9. The number of imide groups is 1. The molecule has 2 fully saturated rings. The van der Waals surface area contributed by atoms with Gasteiger partial charge in [-0.05, 0) is 89.1 Å². The van der Waals surface area contributed by atoms with Gasteiger partial charge in [-0.3, -0.25) is 14.5 Å². The van der Waals surface area contributed by atoms with Crippen LogP contribution in [0.2, 0.25) is 6.32 Å². The molecule has 4 atom stereocenters. The summed E-state index contributed by atoms with van der Waals surface area (Å²) in [7, 11) is -1.36. The fourth-order valence-corrected chi connectivity index (χ4v) is 7.20. The van der Waals surface area contributed by atoms with Crippen molar-refractivity contribution in [1.82, 2.24) is 0 Å². The molecule has 1 aliphatic carbocycles. The molecule has 0 spiro atoms. The number of fused-ring (bicyclic) bond motifs is 3. The molecule has 2 saturated heterocycles. The highest BCUT2D eigenvalue weighted by Gasteiger charge is 2.57. The normalized spacial score (nSPS) is 23.1. The first kappa shape index (κ1) is 31.9. The summed E-state index contributed by atoms with van der Waals surface area (Å²) in [5, 5.41) is 40.0. The fraction of sp³-hybridized carbons (Fsp3) is 0.294. The van der Waals surface area contributed by atoms with Crippen LogP contribution in [0.25, 0.3) is 11.6 Å². The van der Waals surface area contributed by atoms with Crippen LogP contribution in [0.4, 0.5) is 10.1 Å². The molecule has 2 heterocycles. The molecule has 9 nitrogen and oxygen atoms in total. The molecule has 2 amide bonds. The maximum absolute atomic E-state index is 14.2. The van der Waals surface area contributed by atoms with Crippen LogP contribution >= 0.6 is 0 Å². The van der Waals surface area contributed by atoms with E-state index in [1.54, 1.807) is 25.3 Å². The van der Waals surface area contributed by atoms with Crippen molar-refractivity contribution >= 4 is 48.9 Å². The Morgan fingerprint density at radius 2 is 1.85 bits per heavy atom. The summed E-state index contributed by atoms with van der Waals surface area (Å²) in [5.41, 5.74) is 4.52. The van der Waals surface area contributed by atoms with Crippen LogP contribution in [-0.2, 0) is 19.0 Å². The summed E-state index contributed by atoms with van der Waals surface area (Å²) in [5.74, 6) is -3.79. The molecule has 4 N–H and O–H groups in total. The third-order valence-electron chi connectivity index (χ3n) is 9.19. The van der Waals surface area contributed by atoms with Gasteiger partial charge < -0.3 is 29.6 Å². The topological polar surface area (TPSA) is 137 Å². The lowest BCUT2D eigenvalue weighted by molar-refractivity contribution is -0.122. The Morgan fingerprint density at radius 3 is 2.57 bits per heavy atom. The Kier molecular flexibility index (Phi) is 9.26. The van der Waals surface area contributed by atoms with E-state index in [1.165, 1.54) is 24.3 Å². The van der Waals surface area contributed by atoms with E-state index in [2.05, 4.69) is 0 Å². The number of carbonyl (C=O) groups is 2. The fourth-order valence-electron chi connectivity index (χ4n) is 7.20. The first-order chi connectivity index (χ1) is 22.2. The highest BCUT2D eigenvalue weighted by molar-refractivity contribution is 6.58. The van der Waals surface area contributed by atoms with Gasteiger partial charge in [0, 0.05) is 7.11 Å². The van der Waals surface area contributed by atoms with Crippen molar-refractivity contribution in [1.29, 1.82) is 0 Å². The molecule has 3 aromatic rings. The SMILES string of the molecule is COCC1=C2[C@@H](CC/C(=C/c3ccc(O)c(F)c3)c3ccccc3)OB(O)C[C@@H]2[C@@H]2C(=O)N(c3cccc(B(O)O)c3)C(=O)[C@@H]2C1. The standard InChI is InChI=1S/C34H34B2FNO8/c1-45-19-23-16-26-32(34(41)38(33(26)40)25-9-5-8-24(17-25)36(43)44)27-18-35(42)46-30(31(23)27)13-11-22(21-6-3-2-4-7-21)14-20-10-12-29(39)28(37)15-20/h2-10,12,14-15,17,26-27,30,32,39,42-44H,11,13,16,18-19H2,1H3/b22-14-/t26-,27+,30-,32-/m1/s1. The molecular weight excluding hydrogens is 591 g/mol. The first-order valence-corrected chi connectivity index (χ1v) is 15.3. The average molecular weight is 625 g/mol.